The smallest absolute Gasteiger partial charge is 0.419 e. The Labute approximate surface area is 165 Å². The van der Waals surface area contributed by atoms with Crippen LogP contribution in [0.15, 0.2) is 42.5 Å². The molecule has 30 heavy (non-hydrogen) atoms. The summed E-state index contributed by atoms with van der Waals surface area (Å²) in [6.07, 6.45) is -10.2. The third-order valence-electron chi connectivity index (χ3n) is 4.25. The van der Waals surface area contributed by atoms with E-state index in [2.05, 4.69) is 9.47 Å². The summed E-state index contributed by atoms with van der Waals surface area (Å²) in [6, 6.07) is 9.43. The first-order valence-corrected chi connectivity index (χ1v) is 8.48. The van der Waals surface area contributed by atoms with Crippen LogP contribution in [0.4, 0.5) is 26.3 Å². The molecule has 3 rings (SSSR count). The monoisotopic (exact) mass is 430 g/mol. The fraction of sp³-hybridized carbons (Fsp3) is 0.200. The van der Waals surface area contributed by atoms with Crippen molar-refractivity contribution < 1.29 is 45.4 Å². The van der Waals surface area contributed by atoms with E-state index in [4.69, 9.17) is 0 Å². The zero-order valence-electron chi connectivity index (χ0n) is 15.1. The molecule has 0 saturated heterocycles. The van der Waals surface area contributed by atoms with Gasteiger partial charge in [0.15, 0.2) is 0 Å². The second kappa shape index (κ2) is 7.51. The Morgan fingerprint density at radius 3 is 1.60 bits per heavy atom. The van der Waals surface area contributed by atoms with Gasteiger partial charge >= 0.3 is 24.3 Å². The van der Waals surface area contributed by atoms with Crippen molar-refractivity contribution >= 4 is 33.5 Å². The summed E-state index contributed by atoms with van der Waals surface area (Å²) in [5.74, 6) is -5.98. The zero-order chi connectivity index (χ0) is 22.3. The summed E-state index contributed by atoms with van der Waals surface area (Å²) in [6.45, 7) is 1.74. The molecule has 0 fully saturated rings. The van der Waals surface area contributed by atoms with Gasteiger partial charge < -0.3 is 9.47 Å². The minimum atomic E-state index is -5.29. The largest absolute Gasteiger partial charge is 0.491 e. The number of alkyl halides is 6. The summed E-state index contributed by atoms with van der Waals surface area (Å²) in [5, 5.41) is -0.471. The fourth-order valence-electron chi connectivity index (χ4n) is 2.89. The van der Waals surface area contributed by atoms with E-state index in [1.54, 1.807) is 6.92 Å². The lowest BCUT2D eigenvalue weighted by atomic mass is 9.98. The Balaban J connectivity index is 2.36. The van der Waals surface area contributed by atoms with Gasteiger partial charge in [-0.05, 0) is 18.1 Å². The molecule has 0 spiro atoms. The van der Waals surface area contributed by atoms with Crippen LogP contribution in [0.3, 0.4) is 0 Å². The molecule has 0 aliphatic carbocycles. The maximum Gasteiger partial charge on any atom is 0.491 e. The predicted octanol–water partition coefficient (Wildman–Crippen LogP) is 5.49. The van der Waals surface area contributed by atoms with Crippen LogP contribution in [0.2, 0.25) is 0 Å². The van der Waals surface area contributed by atoms with Crippen molar-refractivity contribution in [2.45, 2.75) is 25.7 Å². The lowest BCUT2D eigenvalue weighted by molar-refractivity contribution is -0.189. The van der Waals surface area contributed by atoms with Gasteiger partial charge in [-0.15, -0.1) is 0 Å². The molecule has 0 saturated carbocycles. The minimum absolute atomic E-state index is 0.101. The van der Waals surface area contributed by atoms with E-state index in [9.17, 15) is 35.9 Å². The summed E-state index contributed by atoms with van der Waals surface area (Å²) < 4.78 is 85.9. The van der Waals surface area contributed by atoms with Gasteiger partial charge in [-0.3, -0.25) is 0 Å². The Kier molecular flexibility index (Phi) is 5.36. The molecule has 3 aromatic carbocycles. The summed E-state index contributed by atoms with van der Waals surface area (Å²) in [5.41, 5.74) is 0.607. The highest BCUT2D eigenvalue weighted by Gasteiger charge is 2.43. The van der Waals surface area contributed by atoms with Crippen LogP contribution in [-0.4, -0.2) is 24.3 Å². The van der Waals surface area contributed by atoms with Crippen molar-refractivity contribution in [3.63, 3.8) is 0 Å². The van der Waals surface area contributed by atoms with Crippen LogP contribution >= 0.6 is 0 Å². The van der Waals surface area contributed by atoms with E-state index in [0.29, 0.717) is 12.0 Å². The molecule has 0 bridgehead atoms. The lowest BCUT2D eigenvalue weighted by Crippen LogP contribution is -2.29. The summed E-state index contributed by atoms with van der Waals surface area (Å²) in [7, 11) is 0. The molecule has 0 N–H and O–H groups in total. The van der Waals surface area contributed by atoms with E-state index >= 15 is 0 Å². The summed E-state index contributed by atoms with van der Waals surface area (Å²) >= 11 is 0. The van der Waals surface area contributed by atoms with Gasteiger partial charge in [0.2, 0.25) is 0 Å². The molecule has 0 aromatic heterocycles. The third kappa shape index (κ3) is 4.03. The van der Waals surface area contributed by atoms with Gasteiger partial charge in [0.05, 0.1) is 0 Å². The summed E-state index contributed by atoms with van der Waals surface area (Å²) in [4.78, 5) is 22.9. The number of esters is 2. The van der Waals surface area contributed by atoms with E-state index in [0.717, 1.165) is 0 Å². The second-order valence-corrected chi connectivity index (χ2v) is 6.21. The molecule has 10 heteroatoms. The van der Waals surface area contributed by atoms with Gasteiger partial charge in [-0.25, -0.2) is 9.59 Å². The number of hydrogen-bond acceptors (Lipinski definition) is 4. The maximum atomic E-state index is 12.8. The molecule has 0 amide bonds. The first-order chi connectivity index (χ1) is 13.9. The minimum Gasteiger partial charge on any atom is -0.419 e. The molecule has 0 heterocycles. The van der Waals surface area contributed by atoms with Crippen molar-refractivity contribution in [3.8, 4) is 11.5 Å². The molecule has 0 atom stereocenters. The molecule has 158 valence electrons. The number of hydrogen-bond donors (Lipinski definition) is 0. The highest BCUT2D eigenvalue weighted by molar-refractivity contribution is 6.13. The normalized spacial score (nSPS) is 12.2. The van der Waals surface area contributed by atoms with Crippen LogP contribution in [-0.2, 0) is 16.0 Å². The van der Waals surface area contributed by atoms with Crippen molar-refractivity contribution in [2.75, 3.05) is 0 Å². The molecule has 0 radical (unpaired) electrons. The topological polar surface area (TPSA) is 52.6 Å². The van der Waals surface area contributed by atoms with Crippen LogP contribution in [0.5, 0.6) is 11.5 Å². The molecule has 4 nitrogen and oxygen atoms in total. The molecular formula is C20H12F6O4. The maximum absolute atomic E-state index is 12.8. The lowest BCUT2D eigenvalue weighted by Gasteiger charge is -2.18. The molecule has 0 aliphatic rings. The van der Waals surface area contributed by atoms with Gasteiger partial charge in [0.25, 0.3) is 0 Å². The van der Waals surface area contributed by atoms with Gasteiger partial charge in [0.1, 0.15) is 11.5 Å². The average molecular weight is 430 g/mol. The van der Waals surface area contributed by atoms with E-state index in [1.807, 2.05) is 0 Å². The Hall–Kier alpha value is -3.30. The number of fused-ring (bicyclic) bond motifs is 2. The number of carbonyl (C=O) groups is 2. The van der Waals surface area contributed by atoms with Crippen LogP contribution in [0.1, 0.15) is 12.5 Å². The Bertz CT molecular complexity index is 1150. The predicted molar refractivity (Wildman–Crippen MR) is 94.2 cm³/mol. The standard InChI is InChI=1S/C20H12F6O4/c1-2-10-7-8-13-14(9-10)16(30-18(28)20(24,25)26)12-6-4-3-5-11(12)15(13)29-17(27)19(21,22)23/h3-9H,2H2,1H3. The Morgan fingerprint density at radius 2 is 1.17 bits per heavy atom. The number of benzene rings is 3. The van der Waals surface area contributed by atoms with Gasteiger partial charge in [-0.2, -0.15) is 26.3 Å². The average Bonchev–Trinajstić information content (AvgIpc) is 2.68. The molecule has 0 unspecified atom stereocenters. The van der Waals surface area contributed by atoms with E-state index in [1.165, 1.54) is 42.5 Å². The number of rotatable bonds is 3. The van der Waals surface area contributed by atoms with Crippen molar-refractivity contribution in [2.24, 2.45) is 0 Å². The molecule has 3 aromatic rings. The van der Waals surface area contributed by atoms with E-state index in [-0.39, 0.29) is 21.5 Å². The number of aryl methyl sites for hydroxylation is 1. The van der Waals surface area contributed by atoms with Crippen molar-refractivity contribution in [3.05, 3.63) is 48.0 Å². The molecular weight excluding hydrogens is 418 g/mol. The highest BCUT2D eigenvalue weighted by atomic mass is 19.4. The zero-order valence-corrected chi connectivity index (χ0v) is 15.1. The third-order valence-corrected chi connectivity index (χ3v) is 4.25. The van der Waals surface area contributed by atoms with Crippen LogP contribution in [0, 0.1) is 0 Å². The van der Waals surface area contributed by atoms with Gasteiger partial charge in [0, 0.05) is 21.5 Å². The number of carbonyl (C=O) groups excluding carboxylic acids is 2. The Morgan fingerprint density at radius 1 is 0.733 bits per heavy atom. The van der Waals surface area contributed by atoms with Crippen molar-refractivity contribution in [1.29, 1.82) is 0 Å². The first-order valence-electron chi connectivity index (χ1n) is 8.48. The van der Waals surface area contributed by atoms with Crippen LogP contribution in [0.25, 0.3) is 21.5 Å². The SMILES string of the molecule is CCc1ccc2c(OC(=O)C(F)(F)F)c3ccccc3c(OC(=O)C(F)(F)F)c2c1. The number of ether oxygens (including phenoxy) is 2. The first kappa shape index (κ1) is 21.4. The quantitative estimate of drug-likeness (QED) is 0.239. The highest BCUT2D eigenvalue weighted by Crippen LogP contribution is 2.44. The van der Waals surface area contributed by atoms with Crippen molar-refractivity contribution in [1.82, 2.24) is 0 Å². The van der Waals surface area contributed by atoms with Gasteiger partial charge in [-0.1, -0.05) is 43.3 Å². The van der Waals surface area contributed by atoms with E-state index < -0.39 is 35.8 Å². The molecule has 0 aliphatic heterocycles. The second-order valence-electron chi connectivity index (χ2n) is 6.21. The number of halogens is 6. The fourth-order valence-corrected chi connectivity index (χ4v) is 2.89. The van der Waals surface area contributed by atoms with Crippen LogP contribution < -0.4 is 9.47 Å².